The van der Waals surface area contributed by atoms with Crippen molar-refractivity contribution < 1.29 is 19.3 Å². The number of aliphatic hydroxyl groups is 1. The molecule has 0 radical (unpaired) electrons. The lowest BCUT2D eigenvalue weighted by Gasteiger charge is -2.23. The summed E-state index contributed by atoms with van der Waals surface area (Å²) in [5.74, 6) is 0. The highest BCUT2D eigenvalue weighted by molar-refractivity contribution is 4.68. The second kappa shape index (κ2) is 15.2. The lowest BCUT2D eigenvalue weighted by molar-refractivity contribution is -0.103. The van der Waals surface area contributed by atoms with Gasteiger partial charge in [0.2, 0.25) is 0 Å². The number of rotatable bonds is 15. The Morgan fingerprint density at radius 1 is 0.750 bits per heavy atom. The summed E-state index contributed by atoms with van der Waals surface area (Å²) in [6.07, 6.45) is 5.51. The quantitative estimate of drug-likeness (QED) is 0.471. The molecular formula is C16H34O4. The predicted molar refractivity (Wildman–Crippen MR) is 82.1 cm³/mol. The Hall–Kier alpha value is -0.160. The summed E-state index contributed by atoms with van der Waals surface area (Å²) in [6.45, 7) is 9.26. The molecule has 4 nitrogen and oxygen atoms in total. The van der Waals surface area contributed by atoms with E-state index < -0.39 is 6.10 Å². The van der Waals surface area contributed by atoms with Crippen LogP contribution in [0.25, 0.3) is 0 Å². The lowest BCUT2D eigenvalue weighted by atomic mass is 10.2. The van der Waals surface area contributed by atoms with Gasteiger partial charge in [0.1, 0.15) is 12.2 Å². The molecule has 4 heteroatoms. The highest BCUT2D eigenvalue weighted by atomic mass is 16.5. The molecule has 122 valence electrons. The summed E-state index contributed by atoms with van der Waals surface area (Å²) < 4.78 is 16.8. The van der Waals surface area contributed by atoms with Crippen molar-refractivity contribution in [1.82, 2.24) is 0 Å². The second-order valence-electron chi connectivity index (χ2n) is 5.19. The molecule has 0 saturated carbocycles. The van der Waals surface area contributed by atoms with E-state index in [1.165, 1.54) is 0 Å². The van der Waals surface area contributed by atoms with E-state index in [0.29, 0.717) is 26.4 Å². The minimum atomic E-state index is -0.606. The molecule has 0 amide bonds. The van der Waals surface area contributed by atoms with Crippen molar-refractivity contribution in [3.63, 3.8) is 0 Å². The molecule has 0 heterocycles. The van der Waals surface area contributed by atoms with Crippen LogP contribution >= 0.6 is 0 Å². The Kier molecular flexibility index (Phi) is 15.1. The molecule has 0 aliphatic carbocycles. The minimum Gasteiger partial charge on any atom is -0.388 e. The minimum absolute atomic E-state index is 0.278. The van der Waals surface area contributed by atoms with Gasteiger partial charge in [-0.2, -0.15) is 0 Å². The molecule has 0 aliphatic heterocycles. The van der Waals surface area contributed by atoms with E-state index in [4.69, 9.17) is 14.2 Å². The topological polar surface area (TPSA) is 47.9 Å². The summed E-state index contributed by atoms with van der Waals surface area (Å²) in [6, 6.07) is 0. The SMILES string of the molecule is CCCCOCC(O)[C@@H](COCCCC)OCCCC. The Bertz CT molecular complexity index is 187. The van der Waals surface area contributed by atoms with E-state index in [2.05, 4.69) is 20.8 Å². The molecule has 0 rings (SSSR count). The van der Waals surface area contributed by atoms with Gasteiger partial charge in [-0.1, -0.05) is 40.0 Å². The monoisotopic (exact) mass is 290 g/mol. The zero-order valence-corrected chi connectivity index (χ0v) is 13.6. The van der Waals surface area contributed by atoms with Gasteiger partial charge in [0.05, 0.1) is 13.2 Å². The summed E-state index contributed by atoms with van der Waals surface area (Å²) in [5.41, 5.74) is 0. The maximum absolute atomic E-state index is 10.1. The molecule has 0 saturated heterocycles. The predicted octanol–water partition coefficient (Wildman–Crippen LogP) is 3.17. The van der Waals surface area contributed by atoms with Crippen molar-refractivity contribution in [2.45, 2.75) is 71.5 Å². The van der Waals surface area contributed by atoms with Crippen LogP contribution in [0.5, 0.6) is 0 Å². The van der Waals surface area contributed by atoms with Gasteiger partial charge in [0.25, 0.3) is 0 Å². The molecule has 0 fully saturated rings. The van der Waals surface area contributed by atoms with Gasteiger partial charge in [-0.25, -0.2) is 0 Å². The van der Waals surface area contributed by atoms with Crippen molar-refractivity contribution in [1.29, 1.82) is 0 Å². The first-order valence-electron chi connectivity index (χ1n) is 8.21. The Labute approximate surface area is 124 Å². The van der Waals surface area contributed by atoms with Crippen LogP contribution in [0.2, 0.25) is 0 Å². The molecule has 1 N–H and O–H groups in total. The van der Waals surface area contributed by atoms with Crippen molar-refractivity contribution in [2.75, 3.05) is 33.0 Å². The highest BCUT2D eigenvalue weighted by Gasteiger charge is 2.20. The zero-order valence-electron chi connectivity index (χ0n) is 13.6. The molecule has 1 unspecified atom stereocenters. The fourth-order valence-corrected chi connectivity index (χ4v) is 1.65. The van der Waals surface area contributed by atoms with Gasteiger partial charge in [0, 0.05) is 19.8 Å². The molecule has 0 aromatic heterocycles. The van der Waals surface area contributed by atoms with Crippen molar-refractivity contribution >= 4 is 0 Å². The van der Waals surface area contributed by atoms with Crippen LogP contribution in [0, 0.1) is 0 Å². The fraction of sp³-hybridized carbons (Fsp3) is 1.00. The van der Waals surface area contributed by atoms with Crippen molar-refractivity contribution in [2.24, 2.45) is 0 Å². The van der Waals surface area contributed by atoms with Crippen molar-refractivity contribution in [3.8, 4) is 0 Å². The molecule has 0 aliphatic rings. The van der Waals surface area contributed by atoms with Crippen molar-refractivity contribution in [3.05, 3.63) is 0 Å². The van der Waals surface area contributed by atoms with Gasteiger partial charge in [-0.05, 0) is 19.3 Å². The molecule has 0 spiro atoms. The van der Waals surface area contributed by atoms with Crippen LogP contribution in [-0.4, -0.2) is 50.3 Å². The summed E-state index contributed by atoms with van der Waals surface area (Å²) in [7, 11) is 0. The van der Waals surface area contributed by atoms with Gasteiger partial charge in [-0.15, -0.1) is 0 Å². The van der Waals surface area contributed by atoms with E-state index >= 15 is 0 Å². The number of aliphatic hydroxyl groups excluding tert-OH is 1. The van der Waals surface area contributed by atoms with Crippen LogP contribution < -0.4 is 0 Å². The van der Waals surface area contributed by atoms with E-state index in [1.807, 2.05) is 0 Å². The molecule has 2 atom stereocenters. The second-order valence-corrected chi connectivity index (χ2v) is 5.19. The van der Waals surface area contributed by atoms with Gasteiger partial charge < -0.3 is 19.3 Å². The summed E-state index contributed by atoms with van der Waals surface area (Å²) >= 11 is 0. The molecule has 20 heavy (non-hydrogen) atoms. The van der Waals surface area contributed by atoms with E-state index in [0.717, 1.165) is 45.1 Å². The molecular weight excluding hydrogens is 256 g/mol. The number of ether oxygens (including phenoxy) is 3. The fourth-order valence-electron chi connectivity index (χ4n) is 1.65. The first-order chi connectivity index (χ1) is 9.76. The highest BCUT2D eigenvalue weighted by Crippen LogP contribution is 2.05. The summed E-state index contributed by atoms with van der Waals surface area (Å²) in [5, 5.41) is 10.1. The van der Waals surface area contributed by atoms with E-state index in [9.17, 15) is 5.11 Å². The normalized spacial score (nSPS) is 14.4. The van der Waals surface area contributed by atoms with Crippen LogP contribution in [0.1, 0.15) is 59.3 Å². The number of hydrogen-bond acceptors (Lipinski definition) is 4. The average Bonchev–Trinajstić information content (AvgIpc) is 2.46. The zero-order chi connectivity index (χ0) is 15.1. The van der Waals surface area contributed by atoms with Gasteiger partial charge in [0.15, 0.2) is 0 Å². The average molecular weight is 290 g/mol. The molecule has 0 aromatic rings. The smallest absolute Gasteiger partial charge is 0.109 e. The third kappa shape index (κ3) is 11.6. The van der Waals surface area contributed by atoms with Gasteiger partial charge in [-0.3, -0.25) is 0 Å². The number of hydrogen-bond donors (Lipinski definition) is 1. The van der Waals surface area contributed by atoms with Crippen LogP contribution in [0.4, 0.5) is 0 Å². The first-order valence-corrected chi connectivity index (χ1v) is 8.21. The van der Waals surface area contributed by atoms with Crippen LogP contribution in [0.15, 0.2) is 0 Å². The van der Waals surface area contributed by atoms with Crippen LogP contribution in [-0.2, 0) is 14.2 Å². The lowest BCUT2D eigenvalue weighted by Crippen LogP contribution is -2.37. The standard InChI is InChI=1S/C16H34O4/c1-4-7-10-18-13-15(17)16(20-12-9-6-3)14-19-11-8-5-2/h15-17H,4-14H2,1-3H3/t15?,16-/m1/s1. The summed E-state index contributed by atoms with van der Waals surface area (Å²) in [4.78, 5) is 0. The Morgan fingerprint density at radius 2 is 1.25 bits per heavy atom. The maximum atomic E-state index is 10.1. The first kappa shape index (κ1) is 19.8. The molecule has 0 bridgehead atoms. The maximum Gasteiger partial charge on any atom is 0.109 e. The van der Waals surface area contributed by atoms with Gasteiger partial charge >= 0.3 is 0 Å². The van der Waals surface area contributed by atoms with Crippen LogP contribution in [0.3, 0.4) is 0 Å². The third-order valence-corrected chi connectivity index (χ3v) is 3.11. The number of unbranched alkanes of at least 4 members (excludes halogenated alkanes) is 3. The Morgan fingerprint density at radius 3 is 1.80 bits per heavy atom. The largest absolute Gasteiger partial charge is 0.388 e. The third-order valence-electron chi connectivity index (χ3n) is 3.11. The Balaban J connectivity index is 3.92. The van der Waals surface area contributed by atoms with E-state index in [-0.39, 0.29) is 6.10 Å². The van der Waals surface area contributed by atoms with E-state index in [1.54, 1.807) is 0 Å². The molecule has 0 aromatic carbocycles.